The molecule has 2 aromatic heterocycles. The van der Waals surface area contributed by atoms with Crippen molar-refractivity contribution in [3.63, 3.8) is 0 Å². The first kappa shape index (κ1) is 22.8. The molecule has 4 rings (SSSR count). The number of aromatic nitrogens is 3. The van der Waals surface area contributed by atoms with Gasteiger partial charge in [0.25, 0.3) is 11.8 Å². The Morgan fingerprint density at radius 3 is 2.97 bits per heavy atom. The maximum Gasteiger partial charge on any atom is 0.278 e. The van der Waals surface area contributed by atoms with E-state index < -0.39 is 24.0 Å². The van der Waals surface area contributed by atoms with Gasteiger partial charge in [0.05, 0.1) is 25.1 Å². The number of rotatable bonds is 6. The van der Waals surface area contributed by atoms with Crippen LogP contribution in [-0.2, 0) is 10.3 Å². The average Bonchev–Trinajstić information content (AvgIpc) is 3.21. The molecule has 0 aliphatic carbocycles. The number of alkyl halides is 2. The number of halogens is 2. The minimum Gasteiger partial charge on any atom is -0.470 e. The van der Waals surface area contributed by atoms with Crippen molar-refractivity contribution in [2.24, 2.45) is 16.6 Å². The highest BCUT2D eigenvalue weighted by Gasteiger charge is 2.49. The van der Waals surface area contributed by atoms with Gasteiger partial charge >= 0.3 is 0 Å². The van der Waals surface area contributed by atoms with Gasteiger partial charge in [0.2, 0.25) is 5.88 Å². The third-order valence-corrected chi connectivity index (χ3v) is 7.04. The second-order valence-corrected chi connectivity index (χ2v) is 9.73. The maximum absolute atomic E-state index is 12.9. The molecule has 1 saturated heterocycles. The number of nitrogens with zero attached hydrogens (tertiary/aromatic N) is 4. The summed E-state index contributed by atoms with van der Waals surface area (Å²) >= 11 is 2.91. The van der Waals surface area contributed by atoms with Crippen LogP contribution in [0.3, 0.4) is 0 Å². The standard InChI is InChI=1S/C19H22F2N6O3S2/c1-10-3-11-6-32-17(22)27-19(11,9-29-10)16-26-13(7-31-16)25-15(28)12-4-24-14(5-23-12)30-8-18(2,20)21/h4-5,7,10-11H,3,6,8-9H2,1-2H3,(H2,22,27)(H,25,28). The molecule has 32 heavy (non-hydrogen) atoms. The monoisotopic (exact) mass is 484 g/mol. The van der Waals surface area contributed by atoms with E-state index in [0.29, 0.717) is 17.6 Å². The number of fused-ring (bicyclic) bond motifs is 1. The Morgan fingerprint density at radius 1 is 1.44 bits per heavy atom. The van der Waals surface area contributed by atoms with E-state index in [4.69, 9.17) is 20.2 Å². The highest BCUT2D eigenvalue weighted by molar-refractivity contribution is 8.13. The summed E-state index contributed by atoms with van der Waals surface area (Å²) in [6, 6.07) is 0. The van der Waals surface area contributed by atoms with Gasteiger partial charge in [0, 0.05) is 24.0 Å². The lowest BCUT2D eigenvalue weighted by Gasteiger charge is -2.44. The number of hydrogen-bond acceptors (Lipinski definition) is 10. The fourth-order valence-electron chi connectivity index (χ4n) is 3.50. The van der Waals surface area contributed by atoms with Crippen LogP contribution in [0.2, 0.25) is 0 Å². The number of anilines is 1. The van der Waals surface area contributed by atoms with E-state index >= 15 is 0 Å². The van der Waals surface area contributed by atoms with Crippen molar-refractivity contribution in [2.45, 2.75) is 37.8 Å². The summed E-state index contributed by atoms with van der Waals surface area (Å²) in [5, 5.41) is 5.62. The van der Waals surface area contributed by atoms with Gasteiger partial charge in [-0.25, -0.2) is 28.7 Å². The Balaban J connectivity index is 1.46. The van der Waals surface area contributed by atoms with Crippen LogP contribution in [0.1, 0.15) is 35.8 Å². The largest absolute Gasteiger partial charge is 0.470 e. The molecule has 9 nitrogen and oxygen atoms in total. The summed E-state index contributed by atoms with van der Waals surface area (Å²) in [6.07, 6.45) is 3.25. The molecule has 0 radical (unpaired) electrons. The van der Waals surface area contributed by atoms with E-state index in [0.717, 1.165) is 36.5 Å². The molecular weight excluding hydrogens is 462 g/mol. The SMILES string of the molecule is CC1CC2CSC(N)=NC2(c2nc(NC(=O)c3cnc(OCC(C)(F)F)cn3)cs2)CO1. The third kappa shape index (κ3) is 4.99. The van der Waals surface area contributed by atoms with Gasteiger partial charge in [0.15, 0.2) is 11.8 Å². The highest BCUT2D eigenvalue weighted by Crippen LogP contribution is 2.47. The molecule has 1 fully saturated rings. The Bertz CT molecular complexity index is 1010. The van der Waals surface area contributed by atoms with Crippen LogP contribution in [0.15, 0.2) is 22.8 Å². The lowest BCUT2D eigenvalue weighted by molar-refractivity contribution is -0.0466. The molecule has 2 aliphatic rings. The van der Waals surface area contributed by atoms with E-state index in [1.165, 1.54) is 23.1 Å². The zero-order valence-corrected chi connectivity index (χ0v) is 19.0. The number of nitrogens with one attached hydrogen (secondary N) is 1. The second-order valence-electron chi connectivity index (χ2n) is 7.83. The minimum absolute atomic E-state index is 0.00245. The number of amides is 1. The average molecular weight is 485 g/mol. The van der Waals surface area contributed by atoms with E-state index in [2.05, 4.69) is 20.3 Å². The lowest BCUT2D eigenvalue weighted by Crippen LogP contribution is -2.49. The van der Waals surface area contributed by atoms with Crippen LogP contribution < -0.4 is 15.8 Å². The summed E-state index contributed by atoms with van der Waals surface area (Å²) in [5.74, 6) is -2.22. The number of nitrogens with two attached hydrogens (primary N) is 1. The maximum atomic E-state index is 12.9. The number of ether oxygens (including phenoxy) is 2. The van der Waals surface area contributed by atoms with Gasteiger partial charge in [-0.3, -0.25) is 4.79 Å². The Labute approximate surface area is 191 Å². The highest BCUT2D eigenvalue weighted by atomic mass is 32.2. The Kier molecular flexibility index (Phi) is 6.32. The molecule has 172 valence electrons. The molecule has 0 spiro atoms. The normalized spacial score (nSPS) is 25.6. The van der Waals surface area contributed by atoms with E-state index in [1.54, 1.807) is 5.38 Å². The van der Waals surface area contributed by atoms with Crippen molar-refractivity contribution >= 4 is 40.0 Å². The van der Waals surface area contributed by atoms with Crippen LogP contribution in [-0.4, -0.2) is 57.0 Å². The molecule has 0 saturated carbocycles. The predicted molar refractivity (Wildman–Crippen MR) is 117 cm³/mol. The Morgan fingerprint density at radius 2 is 2.25 bits per heavy atom. The van der Waals surface area contributed by atoms with Gasteiger partial charge in [-0.2, -0.15) is 0 Å². The van der Waals surface area contributed by atoms with Gasteiger partial charge in [0.1, 0.15) is 22.1 Å². The molecule has 3 atom stereocenters. The number of hydrogen-bond donors (Lipinski definition) is 2. The van der Waals surface area contributed by atoms with Crippen molar-refractivity contribution in [1.29, 1.82) is 0 Å². The summed E-state index contributed by atoms with van der Waals surface area (Å²) in [6.45, 7) is 2.32. The molecular formula is C19H22F2N6O3S2. The number of thiazole rings is 1. The van der Waals surface area contributed by atoms with Gasteiger partial charge < -0.3 is 20.5 Å². The topological polar surface area (TPSA) is 125 Å². The predicted octanol–water partition coefficient (Wildman–Crippen LogP) is 2.90. The molecule has 0 aromatic carbocycles. The van der Waals surface area contributed by atoms with Crippen molar-refractivity contribution in [3.8, 4) is 5.88 Å². The molecule has 3 N–H and O–H groups in total. The minimum atomic E-state index is -2.99. The zero-order valence-electron chi connectivity index (χ0n) is 17.4. The summed E-state index contributed by atoms with van der Waals surface area (Å²) in [7, 11) is 0. The molecule has 13 heteroatoms. The smallest absolute Gasteiger partial charge is 0.278 e. The quantitative estimate of drug-likeness (QED) is 0.641. The molecule has 4 heterocycles. The summed E-state index contributed by atoms with van der Waals surface area (Å²) in [5.41, 5.74) is 5.36. The Hall–Kier alpha value is -2.38. The molecule has 3 unspecified atom stereocenters. The van der Waals surface area contributed by atoms with Crippen LogP contribution in [0.4, 0.5) is 14.6 Å². The molecule has 2 aromatic rings. The van der Waals surface area contributed by atoms with E-state index in [-0.39, 0.29) is 23.6 Å². The first-order valence-electron chi connectivity index (χ1n) is 9.84. The van der Waals surface area contributed by atoms with Gasteiger partial charge in [-0.05, 0) is 13.3 Å². The van der Waals surface area contributed by atoms with Crippen molar-refractivity contribution < 1.29 is 23.0 Å². The van der Waals surface area contributed by atoms with Crippen molar-refractivity contribution in [2.75, 3.05) is 24.3 Å². The molecule has 0 bridgehead atoms. The second kappa shape index (κ2) is 8.87. The van der Waals surface area contributed by atoms with Crippen molar-refractivity contribution in [3.05, 3.63) is 28.5 Å². The number of thioether (sulfide) groups is 1. The first-order chi connectivity index (χ1) is 15.1. The summed E-state index contributed by atoms with van der Waals surface area (Å²) < 4.78 is 36.5. The van der Waals surface area contributed by atoms with E-state index in [1.807, 2.05) is 6.92 Å². The zero-order chi connectivity index (χ0) is 22.9. The lowest BCUT2D eigenvalue weighted by atomic mass is 9.80. The van der Waals surface area contributed by atoms with Crippen LogP contribution >= 0.6 is 23.1 Å². The first-order valence-corrected chi connectivity index (χ1v) is 11.7. The third-order valence-electron chi connectivity index (χ3n) is 5.07. The summed E-state index contributed by atoms with van der Waals surface area (Å²) in [4.78, 5) is 29.6. The van der Waals surface area contributed by atoms with Gasteiger partial charge in [-0.15, -0.1) is 11.3 Å². The molecule has 1 amide bonds. The van der Waals surface area contributed by atoms with E-state index in [9.17, 15) is 13.6 Å². The van der Waals surface area contributed by atoms with Crippen LogP contribution in [0.5, 0.6) is 5.88 Å². The van der Waals surface area contributed by atoms with Gasteiger partial charge in [-0.1, -0.05) is 11.8 Å². The van der Waals surface area contributed by atoms with Crippen LogP contribution in [0, 0.1) is 5.92 Å². The molecule has 2 aliphatic heterocycles. The van der Waals surface area contributed by atoms with Crippen LogP contribution in [0.25, 0.3) is 0 Å². The number of amidine groups is 1. The number of carbonyl (C=O) groups is 1. The fraction of sp³-hybridized carbons (Fsp3) is 0.526. The van der Waals surface area contributed by atoms with Crippen molar-refractivity contribution in [1.82, 2.24) is 15.0 Å². The fourth-order valence-corrected chi connectivity index (χ4v) is 5.47. The number of carbonyl (C=O) groups excluding carboxylic acids is 1. The number of aliphatic imine (C=N–C) groups is 1.